The maximum atomic E-state index is 6.07. The Bertz CT molecular complexity index is 590. The van der Waals surface area contributed by atoms with Crippen molar-refractivity contribution in [3.8, 4) is 11.5 Å². The molecule has 4 nitrogen and oxygen atoms in total. The second kappa shape index (κ2) is 6.59. The minimum Gasteiger partial charge on any atom is -0.495 e. The van der Waals surface area contributed by atoms with Crippen molar-refractivity contribution in [1.29, 1.82) is 0 Å². The van der Waals surface area contributed by atoms with Gasteiger partial charge in [-0.05, 0) is 30.8 Å². The molecule has 0 saturated carbocycles. The first-order valence-electron chi connectivity index (χ1n) is 6.19. The van der Waals surface area contributed by atoms with Crippen molar-refractivity contribution in [2.24, 2.45) is 0 Å². The molecule has 106 valence electrons. The van der Waals surface area contributed by atoms with Gasteiger partial charge in [0.1, 0.15) is 11.5 Å². The number of nitrogens with one attached hydrogen (secondary N) is 1. The Labute approximate surface area is 123 Å². The number of ether oxygens (including phenoxy) is 2. The van der Waals surface area contributed by atoms with E-state index in [-0.39, 0.29) is 6.04 Å². The highest BCUT2D eigenvalue weighted by molar-refractivity contribution is 6.32. The molecule has 0 aliphatic rings. The van der Waals surface area contributed by atoms with E-state index in [9.17, 15) is 0 Å². The molecule has 0 amide bonds. The second-order valence-electron chi connectivity index (χ2n) is 4.23. The zero-order valence-electron chi connectivity index (χ0n) is 11.7. The van der Waals surface area contributed by atoms with Crippen LogP contribution in [0.5, 0.6) is 11.5 Å². The quantitative estimate of drug-likeness (QED) is 0.920. The highest BCUT2D eigenvalue weighted by Crippen LogP contribution is 2.33. The van der Waals surface area contributed by atoms with E-state index in [2.05, 4.69) is 10.3 Å². The van der Waals surface area contributed by atoms with E-state index in [0.717, 1.165) is 16.9 Å². The summed E-state index contributed by atoms with van der Waals surface area (Å²) in [7, 11) is 5.13. The van der Waals surface area contributed by atoms with Crippen LogP contribution in [0, 0.1) is 0 Å². The molecule has 1 aromatic carbocycles. The van der Waals surface area contributed by atoms with Gasteiger partial charge in [0.2, 0.25) is 0 Å². The lowest BCUT2D eigenvalue weighted by atomic mass is 9.99. The molecule has 0 radical (unpaired) electrons. The van der Waals surface area contributed by atoms with Gasteiger partial charge in [0, 0.05) is 11.8 Å². The van der Waals surface area contributed by atoms with E-state index in [0.29, 0.717) is 10.8 Å². The van der Waals surface area contributed by atoms with Crippen LogP contribution in [0.3, 0.4) is 0 Å². The van der Waals surface area contributed by atoms with Gasteiger partial charge in [-0.15, -0.1) is 0 Å². The number of rotatable bonds is 5. The van der Waals surface area contributed by atoms with Gasteiger partial charge in [-0.2, -0.15) is 0 Å². The summed E-state index contributed by atoms with van der Waals surface area (Å²) >= 11 is 6.07. The fourth-order valence-electron chi connectivity index (χ4n) is 2.16. The molecular formula is C15H17ClN2O2. The molecule has 0 aliphatic heterocycles. The Balaban J connectivity index is 2.47. The predicted molar refractivity (Wildman–Crippen MR) is 79.7 cm³/mol. The number of benzene rings is 1. The summed E-state index contributed by atoms with van der Waals surface area (Å²) in [6.07, 6.45) is 3.45. The van der Waals surface area contributed by atoms with Crippen LogP contribution in [0.25, 0.3) is 0 Å². The van der Waals surface area contributed by atoms with Crippen molar-refractivity contribution in [2.45, 2.75) is 6.04 Å². The summed E-state index contributed by atoms with van der Waals surface area (Å²) < 4.78 is 10.6. The molecule has 0 fully saturated rings. The molecule has 2 aromatic rings. The maximum Gasteiger partial charge on any atom is 0.142 e. The van der Waals surface area contributed by atoms with E-state index < -0.39 is 0 Å². The Morgan fingerprint density at radius 1 is 1.15 bits per heavy atom. The second-order valence-corrected chi connectivity index (χ2v) is 4.64. The minimum absolute atomic E-state index is 0.0286. The van der Waals surface area contributed by atoms with Gasteiger partial charge in [0.25, 0.3) is 0 Å². The van der Waals surface area contributed by atoms with Crippen LogP contribution in [0.1, 0.15) is 17.2 Å². The number of pyridine rings is 1. The highest BCUT2D eigenvalue weighted by Gasteiger charge is 2.17. The summed E-state index contributed by atoms with van der Waals surface area (Å²) in [5.41, 5.74) is 2.05. The Hall–Kier alpha value is -1.78. The zero-order valence-corrected chi connectivity index (χ0v) is 12.4. The number of nitrogens with zero attached hydrogens (tertiary/aromatic N) is 1. The molecule has 0 aliphatic carbocycles. The summed E-state index contributed by atoms with van der Waals surface area (Å²) in [5, 5.41) is 3.86. The van der Waals surface area contributed by atoms with Gasteiger partial charge >= 0.3 is 0 Å². The largest absolute Gasteiger partial charge is 0.495 e. The molecule has 1 N–H and O–H groups in total. The maximum absolute atomic E-state index is 6.07. The number of hydrogen-bond acceptors (Lipinski definition) is 4. The third kappa shape index (κ3) is 2.86. The molecule has 0 saturated heterocycles. The van der Waals surface area contributed by atoms with Crippen LogP contribution >= 0.6 is 11.6 Å². The van der Waals surface area contributed by atoms with Gasteiger partial charge in [-0.3, -0.25) is 4.98 Å². The third-order valence-corrected chi connectivity index (χ3v) is 3.46. The molecule has 1 aromatic heterocycles. The normalized spacial score (nSPS) is 12.0. The lowest BCUT2D eigenvalue weighted by molar-refractivity contribution is 0.402. The van der Waals surface area contributed by atoms with Crippen molar-refractivity contribution < 1.29 is 9.47 Å². The summed E-state index contributed by atoms with van der Waals surface area (Å²) in [6.45, 7) is 0. The molecule has 2 rings (SSSR count). The van der Waals surface area contributed by atoms with Crippen molar-refractivity contribution in [3.05, 3.63) is 52.8 Å². The average Bonchev–Trinajstić information content (AvgIpc) is 2.50. The van der Waals surface area contributed by atoms with Gasteiger partial charge in [0.05, 0.1) is 31.5 Å². The van der Waals surface area contributed by atoms with Crippen molar-refractivity contribution >= 4 is 11.6 Å². The fraction of sp³-hybridized carbons (Fsp3) is 0.267. The molecule has 1 unspecified atom stereocenters. The van der Waals surface area contributed by atoms with Crippen LogP contribution in [0.4, 0.5) is 0 Å². The molecular weight excluding hydrogens is 276 g/mol. The average molecular weight is 293 g/mol. The van der Waals surface area contributed by atoms with Crippen LogP contribution in [-0.2, 0) is 0 Å². The molecule has 1 heterocycles. The first kappa shape index (κ1) is 14.6. The molecule has 1 atom stereocenters. The molecule has 20 heavy (non-hydrogen) atoms. The zero-order chi connectivity index (χ0) is 14.5. The third-order valence-electron chi connectivity index (χ3n) is 3.14. The smallest absolute Gasteiger partial charge is 0.142 e. The number of halogens is 1. The number of hydrogen-bond donors (Lipinski definition) is 1. The van der Waals surface area contributed by atoms with E-state index >= 15 is 0 Å². The van der Waals surface area contributed by atoms with Gasteiger partial charge in [-0.1, -0.05) is 17.7 Å². The topological polar surface area (TPSA) is 43.4 Å². The number of methoxy groups -OCH3 is 2. The minimum atomic E-state index is -0.0286. The Morgan fingerprint density at radius 2 is 1.90 bits per heavy atom. The van der Waals surface area contributed by atoms with Gasteiger partial charge in [-0.25, -0.2) is 0 Å². The Kier molecular flexibility index (Phi) is 4.82. The summed E-state index contributed by atoms with van der Waals surface area (Å²) in [6, 6.07) is 7.61. The van der Waals surface area contributed by atoms with Crippen LogP contribution in [-0.4, -0.2) is 26.3 Å². The SMILES string of the molecule is CNC(c1ccc(Cl)c(OC)c1)c1ccncc1OC. The van der Waals surface area contributed by atoms with E-state index in [1.165, 1.54) is 0 Å². The summed E-state index contributed by atoms with van der Waals surface area (Å²) in [4.78, 5) is 4.08. The monoisotopic (exact) mass is 292 g/mol. The highest BCUT2D eigenvalue weighted by atomic mass is 35.5. The predicted octanol–water partition coefficient (Wildman–Crippen LogP) is 3.06. The van der Waals surface area contributed by atoms with Crippen molar-refractivity contribution in [1.82, 2.24) is 10.3 Å². The van der Waals surface area contributed by atoms with E-state index in [1.807, 2.05) is 31.3 Å². The van der Waals surface area contributed by atoms with Gasteiger partial charge < -0.3 is 14.8 Å². The lowest BCUT2D eigenvalue weighted by Gasteiger charge is -2.20. The van der Waals surface area contributed by atoms with Gasteiger partial charge in [0.15, 0.2) is 0 Å². The van der Waals surface area contributed by atoms with E-state index in [1.54, 1.807) is 26.6 Å². The molecule has 0 bridgehead atoms. The first-order valence-corrected chi connectivity index (χ1v) is 6.57. The Morgan fingerprint density at radius 3 is 2.55 bits per heavy atom. The van der Waals surface area contributed by atoms with Crippen LogP contribution in [0.15, 0.2) is 36.7 Å². The van der Waals surface area contributed by atoms with Crippen molar-refractivity contribution in [2.75, 3.05) is 21.3 Å². The molecule has 5 heteroatoms. The lowest BCUT2D eigenvalue weighted by Crippen LogP contribution is -2.18. The van der Waals surface area contributed by atoms with Crippen LogP contribution in [0.2, 0.25) is 5.02 Å². The summed E-state index contributed by atoms with van der Waals surface area (Å²) in [5.74, 6) is 1.39. The van der Waals surface area contributed by atoms with E-state index in [4.69, 9.17) is 21.1 Å². The fourth-order valence-corrected chi connectivity index (χ4v) is 2.35. The standard InChI is InChI=1S/C15H17ClN2O2/c1-17-15(11-6-7-18-9-14(11)20-3)10-4-5-12(16)13(8-10)19-2/h4-9,15,17H,1-3H3. The first-order chi connectivity index (χ1) is 9.71. The molecule has 0 spiro atoms. The number of aromatic nitrogens is 1. The van der Waals surface area contributed by atoms with Crippen LogP contribution < -0.4 is 14.8 Å². The van der Waals surface area contributed by atoms with Crippen molar-refractivity contribution in [3.63, 3.8) is 0 Å².